The first kappa shape index (κ1) is 15.9. The van der Waals surface area contributed by atoms with Crippen LogP contribution in [0.2, 0.25) is 0 Å². The molecule has 4 nitrogen and oxygen atoms in total. The van der Waals surface area contributed by atoms with Crippen LogP contribution in [0, 0.1) is 5.41 Å². The zero-order valence-electron chi connectivity index (χ0n) is 12.1. The minimum Gasteiger partial charge on any atom is -0.381 e. The summed E-state index contributed by atoms with van der Waals surface area (Å²) in [6.07, 6.45) is 1.65. The van der Waals surface area contributed by atoms with E-state index in [9.17, 15) is 8.42 Å². The second-order valence-corrected chi connectivity index (χ2v) is 9.13. The molecule has 5 heteroatoms. The summed E-state index contributed by atoms with van der Waals surface area (Å²) >= 11 is 0. The van der Waals surface area contributed by atoms with E-state index in [1.54, 1.807) is 20.8 Å². The first-order valence-electron chi connectivity index (χ1n) is 6.73. The molecule has 0 saturated carbocycles. The lowest BCUT2D eigenvalue weighted by Gasteiger charge is -2.29. The molecule has 1 rings (SSSR count). The average Bonchev–Trinajstić information content (AvgIpc) is 2.72. The predicted octanol–water partition coefficient (Wildman–Crippen LogP) is 1.61. The van der Waals surface area contributed by atoms with Crippen LogP contribution in [0.1, 0.15) is 40.5 Å². The highest BCUT2D eigenvalue weighted by Gasteiger charge is 2.38. The summed E-state index contributed by atoms with van der Waals surface area (Å²) in [5, 5.41) is 3.33. The van der Waals surface area contributed by atoms with E-state index in [4.69, 9.17) is 4.74 Å². The summed E-state index contributed by atoms with van der Waals surface area (Å²) in [5.41, 5.74) is 0.00826. The van der Waals surface area contributed by atoms with Crippen molar-refractivity contribution in [3.63, 3.8) is 0 Å². The first-order valence-corrected chi connectivity index (χ1v) is 8.38. The fourth-order valence-electron chi connectivity index (χ4n) is 2.12. The van der Waals surface area contributed by atoms with Gasteiger partial charge >= 0.3 is 0 Å². The maximum atomic E-state index is 12.2. The van der Waals surface area contributed by atoms with Crippen LogP contribution in [0.5, 0.6) is 0 Å². The number of hydrogen-bond acceptors (Lipinski definition) is 4. The van der Waals surface area contributed by atoms with Crippen LogP contribution in [0.4, 0.5) is 0 Å². The van der Waals surface area contributed by atoms with E-state index in [1.807, 2.05) is 0 Å². The quantitative estimate of drug-likeness (QED) is 0.801. The van der Waals surface area contributed by atoms with Gasteiger partial charge in [0, 0.05) is 18.6 Å². The number of hydrogen-bond donors (Lipinski definition) is 1. The van der Waals surface area contributed by atoms with Crippen molar-refractivity contribution < 1.29 is 13.2 Å². The lowest BCUT2D eigenvalue weighted by molar-refractivity contribution is 0.147. The molecule has 1 atom stereocenters. The van der Waals surface area contributed by atoms with Crippen molar-refractivity contribution >= 4 is 9.84 Å². The summed E-state index contributed by atoms with van der Waals surface area (Å²) in [6, 6.07) is 0. The normalized spacial score (nSPS) is 25.6. The van der Waals surface area contributed by atoms with E-state index in [-0.39, 0.29) is 11.2 Å². The second kappa shape index (κ2) is 5.88. The molecular weight excluding hydrogens is 250 g/mol. The molecule has 0 aromatic carbocycles. The van der Waals surface area contributed by atoms with Gasteiger partial charge in [0.25, 0.3) is 0 Å². The molecule has 1 heterocycles. The molecule has 0 amide bonds. The van der Waals surface area contributed by atoms with Gasteiger partial charge in [0.1, 0.15) is 0 Å². The summed E-state index contributed by atoms with van der Waals surface area (Å²) < 4.78 is 29.1. The molecule has 0 aromatic rings. The zero-order valence-corrected chi connectivity index (χ0v) is 12.9. The van der Waals surface area contributed by atoms with Gasteiger partial charge in [-0.3, -0.25) is 0 Å². The van der Waals surface area contributed by atoms with Gasteiger partial charge in [0.05, 0.1) is 17.1 Å². The second-order valence-electron chi connectivity index (χ2n) is 6.26. The highest BCUT2D eigenvalue weighted by Crippen LogP contribution is 2.33. The molecule has 1 fully saturated rings. The highest BCUT2D eigenvalue weighted by atomic mass is 32.2. The van der Waals surface area contributed by atoms with E-state index in [2.05, 4.69) is 12.2 Å². The number of rotatable bonds is 6. The first-order chi connectivity index (χ1) is 8.22. The largest absolute Gasteiger partial charge is 0.381 e. The van der Waals surface area contributed by atoms with Crippen molar-refractivity contribution in [1.82, 2.24) is 5.32 Å². The molecule has 1 aliphatic heterocycles. The van der Waals surface area contributed by atoms with Gasteiger partial charge < -0.3 is 10.1 Å². The van der Waals surface area contributed by atoms with Gasteiger partial charge in [0.2, 0.25) is 0 Å². The molecule has 0 aliphatic carbocycles. The minimum atomic E-state index is -3.03. The van der Waals surface area contributed by atoms with Gasteiger partial charge in [0.15, 0.2) is 9.84 Å². The lowest BCUT2D eigenvalue weighted by Crippen LogP contribution is -2.39. The Hall–Kier alpha value is -0.130. The number of nitrogens with one attached hydrogen (secondary N) is 1. The molecule has 0 bridgehead atoms. The third-order valence-electron chi connectivity index (χ3n) is 3.77. The SMILES string of the molecule is CCNCC1(CCS(=O)(=O)C(C)(C)C)CCOC1. The Bertz CT molecular complexity index is 351. The summed E-state index contributed by atoms with van der Waals surface area (Å²) in [7, 11) is -3.03. The molecule has 0 radical (unpaired) electrons. The smallest absolute Gasteiger partial charge is 0.155 e. The Morgan fingerprint density at radius 1 is 1.33 bits per heavy atom. The topological polar surface area (TPSA) is 55.4 Å². The number of ether oxygens (including phenoxy) is 1. The van der Waals surface area contributed by atoms with E-state index in [0.717, 1.165) is 26.1 Å². The molecule has 108 valence electrons. The molecule has 18 heavy (non-hydrogen) atoms. The summed E-state index contributed by atoms with van der Waals surface area (Å²) in [5.74, 6) is 0.255. The average molecular weight is 277 g/mol. The number of sulfone groups is 1. The fourth-order valence-corrected chi connectivity index (χ4v) is 3.44. The van der Waals surface area contributed by atoms with Crippen molar-refractivity contribution in [3.05, 3.63) is 0 Å². The van der Waals surface area contributed by atoms with Crippen LogP contribution in [-0.2, 0) is 14.6 Å². The standard InChI is InChI=1S/C13H27NO3S/c1-5-14-10-13(6-8-17-11-13)7-9-18(15,16)12(2,3)4/h14H,5-11H2,1-4H3. The van der Waals surface area contributed by atoms with Crippen LogP contribution in [-0.4, -0.2) is 45.2 Å². The van der Waals surface area contributed by atoms with Crippen molar-refractivity contribution in [3.8, 4) is 0 Å². The molecular formula is C13H27NO3S. The van der Waals surface area contributed by atoms with Crippen molar-refractivity contribution in [2.24, 2.45) is 5.41 Å². The lowest BCUT2D eigenvalue weighted by atomic mass is 9.84. The molecule has 1 saturated heterocycles. The molecule has 0 spiro atoms. The zero-order chi connectivity index (χ0) is 13.9. The predicted molar refractivity (Wildman–Crippen MR) is 74.6 cm³/mol. The maximum absolute atomic E-state index is 12.2. The Kier molecular flexibility index (Phi) is 5.21. The van der Waals surface area contributed by atoms with E-state index >= 15 is 0 Å². The highest BCUT2D eigenvalue weighted by molar-refractivity contribution is 7.92. The minimum absolute atomic E-state index is 0.00826. The van der Waals surface area contributed by atoms with Crippen LogP contribution < -0.4 is 5.32 Å². The summed E-state index contributed by atoms with van der Waals surface area (Å²) in [4.78, 5) is 0. The molecule has 1 aliphatic rings. The van der Waals surface area contributed by atoms with Gasteiger partial charge in [-0.1, -0.05) is 6.92 Å². The molecule has 1 unspecified atom stereocenters. The van der Waals surface area contributed by atoms with Crippen molar-refractivity contribution in [2.75, 3.05) is 32.1 Å². The Balaban J connectivity index is 2.64. The van der Waals surface area contributed by atoms with Gasteiger partial charge in [-0.2, -0.15) is 0 Å². The third-order valence-corrected chi connectivity index (χ3v) is 6.38. The van der Waals surface area contributed by atoms with Gasteiger partial charge in [-0.15, -0.1) is 0 Å². The maximum Gasteiger partial charge on any atom is 0.155 e. The van der Waals surface area contributed by atoms with Gasteiger partial charge in [-0.25, -0.2) is 8.42 Å². The Labute approximate surface area is 111 Å². The molecule has 1 N–H and O–H groups in total. The monoisotopic (exact) mass is 277 g/mol. The van der Waals surface area contributed by atoms with Crippen molar-refractivity contribution in [2.45, 2.75) is 45.3 Å². The van der Waals surface area contributed by atoms with Crippen molar-refractivity contribution in [1.29, 1.82) is 0 Å². The van der Waals surface area contributed by atoms with Crippen LogP contribution >= 0.6 is 0 Å². The summed E-state index contributed by atoms with van der Waals surface area (Å²) in [6.45, 7) is 10.6. The van der Waals surface area contributed by atoms with Gasteiger partial charge in [-0.05, 0) is 40.2 Å². The fraction of sp³-hybridized carbons (Fsp3) is 1.00. The Morgan fingerprint density at radius 2 is 2.00 bits per heavy atom. The molecule has 0 aromatic heterocycles. The third kappa shape index (κ3) is 3.93. The van der Waals surface area contributed by atoms with Crippen LogP contribution in [0.25, 0.3) is 0 Å². The van der Waals surface area contributed by atoms with Crippen LogP contribution in [0.15, 0.2) is 0 Å². The van der Waals surface area contributed by atoms with E-state index < -0.39 is 14.6 Å². The van der Waals surface area contributed by atoms with E-state index in [0.29, 0.717) is 13.0 Å². The Morgan fingerprint density at radius 3 is 2.44 bits per heavy atom. The van der Waals surface area contributed by atoms with Crippen LogP contribution in [0.3, 0.4) is 0 Å². The van der Waals surface area contributed by atoms with E-state index in [1.165, 1.54) is 0 Å².